The maximum absolute atomic E-state index is 13.6. The van der Waals surface area contributed by atoms with Crippen LogP contribution in [0.5, 0.6) is 5.75 Å². The lowest BCUT2D eigenvalue weighted by molar-refractivity contribution is -0.141. The van der Waals surface area contributed by atoms with Crippen LogP contribution in [0.1, 0.15) is 16.8 Å². The molecule has 1 saturated heterocycles. The Morgan fingerprint density at radius 3 is 2.63 bits per heavy atom. The van der Waals surface area contributed by atoms with Crippen molar-refractivity contribution in [3.05, 3.63) is 29.6 Å². The molecule has 1 aromatic rings. The third-order valence-corrected chi connectivity index (χ3v) is 3.01. The monoisotopic (exact) mass is 269 g/mol. The Morgan fingerprint density at radius 2 is 2.05 bits per heavy atom. The Labute approximate surface area is 107 Å². The van der Waals surface area contributed by atoms with E-state index < -0.39 is 29.8 Å². The number of rotatable bonds is 2. The predicted molar refractivity (Wildman–Crippen MR) is 61.1 cm³/mol. The molecule has 0 bridgehead atoms. The van der Waals surface area contributed by atoms with Crippen molar-refractivity contribution in [2.75, 3.05) is 6.54 Å². The first kappa shape index (κ1) is 13.3. The minimum Gasteiger partial charge on any atom is -0.508 e. The number of amides is 1. The Morgan fingerprint density at radius 1 is 1.37 bits per heavy atom. The van der Waals surface area contributed by atoms with Crippen molar-refractivity contribution in [2.24, 2.45) is 0 Å². The Balaban J connectivity index is 2.30. The van der Waals surface area contributed by atoms with E-state index in [4.69, 9.17) is 10.2 Å². The predicted octanol–water partition coefficient (Wildman–Crippen LogP) is 0.191. The van der Waals surface area contributed by atoms with Crippen LogP contribution in [0.4, 0.5) is 4.39 Å². The number of halogens is 1. The number of aliphatic hydroxyl groups excluding tert-OH is 1. The number of aliphatic hydroxyl groups is 1. The fourth-order valence-corrected chi connectivity index (χ4v) is 2.10. The summed E-state index contributed by atoms with van der Waals surface area (Å²) in [6.07, 6.45) is -1.02. The van der Waals surface area contributed by atoms with Crippen LogP contribution in [0.3, 0.4) is 0 Å². The zero-order valence-electron chi connectivity index (χ0n) is 9.78. The van der Waals surface area contributed by atoms with Gasteiger partial charge in [-0.15, -0.1) is 0 Å². The highest BCUT2D eigenvalue weighted by molar-refractivity contribution is 5.97. The van der Waals surface area contributed by atoms with Crippen LogP contribution in [0, 0.1) is 5.82 Å². The number of aliphatic carboxylic acids is 1. The van der Waals surface area contributed by atoms with Crippen molar-refractivity contribution in [3.8, 4) is 5.75 Å². The lowest BCUT2D eigenvalue weighted by atomic mass is 10.1. The summed E-state index contributed by atoms with van der Waals surface area (Å²) >= 11 is 0. The van der Waals surface area contributed by atoms with Gasteiger partial charge in [0.05, 0.1) is 11.7 Å². The highest BCUT2D eigenvalue weighted by atomic mass is 19.1. The smallest absolute Gasteiger partial charge is 0.326 e. The van der Waals surface area contributed by atoms with Gasteiger partial charge in [-0.25, -0.2) is 9.18 Å². The molecule has 1 aliphatic heterocycles. The first-order chi connectivity index (χ1) is 8.90. The molecular weight excluding hydrogens is 257 g/mol. The second kappa shape index (κ2) is 4.85. The summed E-state index contributed by atoms with van der Waals surface area (Å²) in [5, 5.41) is 27.5. The van der Waals surface area contributed by atoms with Crippen LogP contribution < -0.4 is 0 Å². The second-order valence-electron chi connectivity index (χ2n) is 4.37. The third-order valence-electron chi connectivity index (χ3n) is 3.01. The van der Waals surface area contributed by atoms with Crippen LogP contribution in [0.2, 0.25) is 0 Å². The van der Waals surface area contributed by atoms with E-state index in [1.165, 1.54) is 0 Å². The van der Waals surface area contributed by atoms with Crippen molar-refractivity contribution in [1.82, 2.24) is 4.90 Å². The maximum atomic E-state index is 13.6. The van der Waals surface area contributed by atoms with Gasteiger partial charge in [-0.1, -0.05) is 0 Å². The second-order valence-corrected chi connectivity index (χ2v) is 4.37. The van der Waals surface area contributed by atoms with Gasteiger partial charge in [0.1, 0.15) is 17.6 Å². The number of phenols is 1. The molecule has 1 aliphatic rings. The SMILES string of the molecule is O=C(O)[C@@H]1CC(O)CN1C(=O)c1ccc(O)cc1F. The lowest BCUT2D eigenvalue weighted by Crippen LogP contribution is -2.40. The fourth-order valence-electron chi connectivity index (χ4n) is 2.10. The minimum absolute atomic E-state index is 0.0826. The molecule has 7 heteroatoms. The zero-order valence-corrected chi connectivity index (χ0v) is 9.78. The van der Waals surface area contributed by atoms with E-state index in [1.807, 2.05) is 0 Å². The van der Waals surface area contributed by atoms with Crippen molar-refractivity contribution in [2.45, 2.75) is 18.6 Å². The quantitative estimate of drug-likeness (QED) is 0.712. The molecule has 0 aromatic heterocycles. The number of phenolic OH excluding ortho intramolecular Hbond substituents is 1. The molecule has 0 spiro atoms. The molecule has 1 aromatic carbocycles. The summed E-state index contributed by atoms with van der Waals surface area (Å²) < 4.78 is 13.6. The molecule has 1 unspecified atom stereocenters. The zero-order chi connectivity index (χ0) is 14.2. The Hall–Kier alpha value is -2.15. The number of carboxylic acids is 1. The summed E-state index contributed by atoms with van der Waals surface area (Å²) in [5.41, 5.74) is -0.335. The summed E-state index contributed by atoms with van der Waals surface area (Å²) in [4.78, 5) is 24.0. The van der Waals surface area contributed by atoms with Gasteiger partial charge in [-0.2, -0.15) is 0 Å². The van der Waals surface area contributed by atoms with E-state index in [0.717, 1.165) is 23.1 Å². The van der Waals surface area contributed by atoms with Gasteiger partial charge in [0.2, 0.25) is 0 Å². The van der Waals surface area contributed by atoms with Gasteiger partial charge < -0.3 is 20.2 Å². The number of β-amino-alcohol motifs (C(OH)–C–C–N with tert-alkyl or cyclic N) is 1. The number of carbonyl (C=O) groups is 2. The molecule has 19 heavy (non-hydrogen) atoms. The van der Waals surface area contributed by atoms with Crippen molar-refractivity contribution in [1.29, 1.82) is 0 Å². The molecule has 2 rings (SSSR count). The van der Waals surface area contributed by atoms with E-state index in [2.05, 4.69) is 0 Å². The molecule has 1 fully saturated rings. The standard InChI is InChI=1S/C12H12FNO5/c13-9-3-6(15)1-2-8(9)11(17)14-5-7(16)4-10(14)12(18)19/h1-3,7,10,15-16H,4-5H2,(H,18,19)/t7?,10-/m0/s1. The summed E-state index contributed by atoms with van der Waals surface area (Å²) in [6, 6.07) is 1.82. The van der Waals surface area contributed by atoms with Crippen LogP contribution >= 0.6 is 0 Å². The molecule has 0 radical (unpaired) electrons. The molecule has 3 N–H and O–H groups in total. The number of hydrogen-bond acceptors (Lipinski definition) is 4. The lowest BCUT2D eigenvalue weighted by Gasteiger charge is -2.21. The highest BCUT2D eigenvalue weighted by Crippen LogP contribution is 2.23. The maximum Gasteiger partial charge on any atom is 0.326 e. The normalized spacial score (nSPS) is 22.5. The summed E-state index contributed by atoms with van der Waals surface area (Å²) in [6.45, 7) is -0.157. The first-order valence-electron chi connectivity index (χ1n) is 5.60. The minimum atomic E-state index is -1.25. The molecule has 1 heterocycles. The van der Waals surface area contributed by atoms with Crippen LogP contribution in [-0.2, 0) is 4.79 Å². The molecule has 6 nitrogen and oxygen atoms in total. The summed E-state index contributed by atoms with van der Waals surface area (Å²) in [7, 11) is 0. The van der Waals surface area contributed by atoms with Gasteiger partial charge >= 0.3 is 5.97 Å². The third kappa shape index (κ3) is 2.50. The number of hydrogen-bond donors (Lipinski definition) is 3. The molecule has 1 amide bonds. The number of carboxylic acid groups (broad SMARTS) is 1. The number of carbonyl (C=O) groups excluding carboxylic acids is 1. The van der Waals surface area contributed by atoms with Gasteiger partial charge in [0, 0.05) is 19.0 Å². The largest absolute Gasteiger partial charge is 0.508 e. The number of aromatic hydroxyl groups is 1. The van der Waals surface area contributed by atoms with E-state index in [0.29, 0.717) is 0 Å². The Kier molecular flexibility index (Phi) is 3.39. The average Bonchev–Trinajstić information content (AvgIpc) is 2.70. The van der Waals surface area contributed by atoms with Gasteiger partial charge in [0.15, 0.2) is 0 Å². The first-order valence-corrected chi connectivity index (χ1v) is 5.60. The number of nitrogens with zero attached hydrogens (tertiary/aromatic N) is 1. The van der Waals surface area contributed by atoms with Gasteiger partial charge in [0.25, 0.3) is 5.91 Å². The van der Waals surface area contributed by atoms with Crippen LogP contribution in [-0.4, -0.2) is 50.8 Å². The van der Waals surface area contributed by atoms with E-state index in [1.54, 1.807) is 0 Å². The molecule has 0 saturated carbocycles. The number of likely N-dealkylation sites (tertiary alicyclic amines) is 1. The molecule has 102 valence electrons. The molecule has 2 atom stereocenters. The molecule has 0 aliphatic carbocycles. The fraction of sp³-hybridized carbons (Fsp3) is 0.333. The van der Waals surface area contributed by atoms with Crippen molar-refractivity contribution < 1.29 is 29.3 Å². The highest BCUT2D eigenvalue weighted by Gasteiger charge is 2.39. The van der Waals surface area contributed by atoms with Gasteiger partial charge in [-0.05, 0) is 12.1 Å². The van der Waals surface area contributed by atoms with Crippen molar-refractivity contribution in [3.63, 3.8) is 0 Å². The van der Waals surface area contributed by atoms with Gasteiger partial charge in [-0.3, -0.25) is 4.79 Å². The average molecular weight is 269 g/mol. The van der Waals surface area contributed by atoms with E-state index >= 15 is 0 Å². The Bertz CT molecular complexity index is 533. The van der Waals surface area contributed by atoms with E-state index in [9.17, 15) is 19.1 Å². The van der Waals surface area contributed by atoms with E-state index in [-0.39, 0.29) is 24.3 Å². The topological polar surface area (TPSA) is 98.1 Å². The number of benzene rings is 1. The van der Waals surface area contributed by atoms with Crippen LogP contribution in [0.15, 0.2) is 18.2 Å². The summed E-state index contributed by atoms with van der Waals surface area (Å²) in [5.74, 6) is -3.33. The van der Waals surface area contributed by atoms with Crippen LogP contribution in [0.25, 0.3) is 0 Å². The van der Waals surface area contributed by atoms with Crippen molar-refractivity contribution >= 4 is 11.9 Å². The molecular formula is C12H12FNO5.